The van der Waals surface area contributed by atoms with Gasteiger partial charge in [-0.1, -0.05) is 41.0 Å². The second-order valence-electron chi connectivity index (χ2n) is 12.6. The van der Waals surface area contributed by atoms with E-state index in [1.807, 2.05) is 13.8 Å². The third kappa shape index (κ3) is 3.89. The van der Waals surface area contributed by atoms with E-state index in [0.29, 0.717) is 11.3 Å². The molecule has 2 N–H and O–H groups in total. The molecular formula is C27H45NO3. The van der Waals surface area contributed by atoms with Crippen LogP contribution in [0.1, 0.15) is 92.4 Å². The van der Waals surface area contributed by atoms with E-state index in [-0.39, 0.29) is 29.6 Å². The summed E-state index contributed by atoms with van der Waals surface area (Å²) in [4.78, 5) is 25.3. The first-order valence-electron chi connectivity index (χ1n) is 13.0. The summed E-state index contributed by atoms with van der Waals surface area (Å²) in [5.41, 5.74) is 6.49. The number of rotatable bonds is 5. The Kier molecular flexibility index (Phi) is 6.35. The molecule has 4 fully saturated rings. The Labute approximate surface area is 189 Å². The van der Waals surface area contributed by atoms with E-state index in [1.54, 1.807) is 0 Å². The number of hydrogen-bond donors (Lipinski definition) is 1. The third-order valence-electron chi connectivity index (χ3n) is 10.7. The monoisotopic (exact) mass is 431 g/mol. The summed E-state index contributed by atoms with van der Waals surface area (Å²) in [5.74, 6) is 3.82. The minimum absolute atomic E-state index is 0.0190. The molecule has 0 spiro atoms. The summed E-state index contributed by atoms with van der Waals surface area (Å²) in [6, 6.07) is -0.649. The van der Waals surface area contributed by atoms with Crippen LogP contribution in [0.25, 0.3) is 0 Å². The lowest BCUT2D eigenvalue weighted by atomic mass is 9.44. The van der Waals surface area contributed by atoms with Gasteiger partial charge in [0.05, 0.1) is 0 Å². The van der Waals surface area contributed by atoms with Crippen molar-refractivity contribution in [2.24, 2.45) is 58.0 Å². The molecule has 4 nitrogen and oxygen atoms in total. The molecule has 0 aliphatic heterocycles. The van der Waals surface area contributed by atoms with Crippen molar-refractivity contribution in [3.63, 3.8) is 0 Å². The highest BCUT2D eigenvalue weighted by Gasteiger charge is 2.61. The number of carbonyl (C=O) groups excluding carboxylic acids is 2. The van der Waals surface area contributed by atoms with Gasteiger partial charge in [-0.2, -0.15) is 0 Å². The van der Waals surface area contributed by atoms with Crippen LogP contribution in [0.5, 0.6) is 0 Å². The van der Waals surface area contributed by atoms with Crippen LogP contribution in [0, 0.1) is 52.3 Å². The van der Waals surface area contributed by atoms with Gasteiger partial charge in [-0.05, 0) is 97.7 Å². The highest BCUT2D eigenvalue weighted by atomic mass is 16.5. The van der Waals surface area contributed by atoms with Crippen LogP contribution in [0.15, 0.2) is 0 Å². The highest BCUT2D eigenvalue weighted by molar-refractivity contribution is 5.86. The van der Waals surface area contributed by atoms with Gasteiger partial charge in [-0.25, -0.2) is 0 Å². The van der Waals surface area contributed by atoms with E-state index in [4.69, 9.17) is 10.5 Å². The topological polar surface area (TPSA) is 69.4 Å². The van der Waals surface area contributed by atoms with E-state index >= 15 is 0 Å². The maximum atomic E-state index is 13.2. The molecule has 4 unspecified atom stereocenters. The average Bonchev–Trinajstić information content (AvgIpc) is 3.09. The number of ether oxygens (including phenoxy) is 1. The minimum atomic E-state index is -0.649. The van der Waals surface area contributed by atoms with E-state index in [9.17, 15) is 9.59 Å². The molecule has 4 aliphatic rings. The lowest BCUT2D eigenvalue weighted by Gasteiger charge is -2.61. The van der Waals surface area contributed by atoms with Crippen LogP contribution in [0.4, 0.5) is 0 Å². The Morgan fingerprint density at radius 2 is 1.65 bits per heavy atom. The molecule has 4 aliphatic carbocycles. The molecule has 0 bridgehead atoms. The van der Waals surface area contributed by atoms with Crippen molar-refractivity contribution >= 4 is 11.8 Å². The lowest BCUT2D eigenvalue weighted by molar-refractivity contribution is -0.154. The van der Waals surface area contributed by atoms with Gasteiger partial charge in [0.25, 0.3) is 0 Å². The molecule has 0 aromatic carbocycles. The molecule has 0 amide bonds. The Morgan fingerprint density at radius 1 is 0.968 bits per heavy atom. The van der Waals surface area contributed by atoms with Crippen LogP contribution >= 0.6 is 0 Å². The first-order valence-corrected chi connectivity index (χ1v) is 13.0. The molecule has 0 heterocycles. The van der Waals surface area contributed by atoms with Crippen molar-refractivity contribution in [3.8, 4) is 0 Å². The molecular weight excluding hydrogens is 386 g/mol. The summed E-state index contributed by atoms with van der Waals surface area (Å²) in [5, 5.41) is 0. The van der Waals surface area contributed by atoms with E-state index in [2.05, 4.69) is 20.8 Å². The second kappa shape index (κ2) is 8.47. The van der Waals surface area contributed by atoms with Gasteiger partial charge in [0, 0.05) is 5.92 Å². The molecule has 0 aromatic heterocycles. The van der Waals surface area contributed by atoms with Gasteiger partial charge < -0.3 is 10.5 Å². The first kappa shape index (κ1) is 23.3. The van der Waals surface area contributed by atoms with Gasteiger partial charge in [0.1, 0.15) is 12.6 Å². The number of fused-ring (bicyclic) bond motifs is 5. The smallest absolute Gasteiger partial charge is 0.323 e. The van der Waals surface area contributed by atoms with Crippen LogP contribution in [-0.4, -0.2) is 24.4 Å². The third-order valence-corrected chi connectivity index (χ3v) is 10.7. The van der Waals surface area contributed by atoms with E-state index in [1.165, 1.54) is 44.9 Å². The van der Waals surface area contributed by atoms with Crippen molar-refractivity contribution in [1.29, 1.82) is 0 Å². The van der Waals surface area contributed by atoms with Gasteiger partial charge in [0.2, 0.25) is 0 Å². The Bertz CT molecular complexity index is 705. The predicted octanol–water partition coefficient (Wildman–Crippen LogP) is 5.38. The average molecular weight is 432 g/mol. The Hall–Kier alpha value is -0.900. The number of hydrogen-bond acceptors (Lipinski definition) is 4. The first-order chi connectivity index (χ1) is 14.6. The zero-order valence-electron chi connectivity index (χ0n) is 20.5. The fraction of sp³-hybridized carbons (Fsp3) is 0.926. The van der Waals surface area contributed by atoms with Gasteiger partial charge in [-0.3, -0.25) is 9.59 Å². The standard InChI is InChI=1S/C27H45NO3/c1-16(2)24(28)25(30)31-15-23(29)22-9-8-20-19-7-6-18-14-17(3)10-12-26(18,4)21(19)11-13-27(20,22)5/h16-22,24H,6-15,28H2,1-5H3/t17-,18?,19-,20?,21?,22+,24?,26-,27-/m0/s1. The molecule has 31 heavy (non-hydrogen) atoms. The number of esters is 1. The van der Waals surface area contributed by atoms with Crippen LogP contribution in [-0.2, 0) is 14.3 Å². The summed E-state index contributed by atoms with van der Waals surface area (Å²) >= 11 is 0. The zero-order chi connectivity index (χ0) is 22.6. The van der Waals surface area contributed by atoms with Gasteiger partial charge >= 0.3 is 5.97 Å². The van der Waals surface area contributed by atoms with Crippen LogP contribution < -0.4 is 5.73 Å². The van der Waals surface area contributed by atoms with Crippen molar-refractivity contribution in [1.82, 2.24) is 0 Å². The SMILES string of the molecule is CC(C)C(N)C(=O)OCC(=O)[C@H]1CCC2[C@@H]3CCC4C[C@@H](C)CC[C@]4(C)C3CC[C@@]21C. The van der Waals surface area contributed by atoms with Crippen LogP contribution in [0.2, 0.25) is 0 Å². The maximum Gasteiger partial charge on any atom is 0.323 e. The molecule has 0 saturated heterocycles. The van der Waals surface area contributed by atoms with Crippen molar-refractivity contribution in [2.75, 3.05) is 6.61 Å². The summed E-state index contributed by atoms with van der Waals surface area (Å²) in [6.45, 7) is 11.1. The zero-order valence-corrected chi connectivity index (χ0v) is 20.5. The second-order valence-corrected chi connectivity index (χ2v) is 12.6. The molecule has 176 valence electrons. The van der Waals surface area contributed by atoms with Crippen molar-refractivity contribution in [3.05, 3.63) is 0 Å². The van der Waals surface area contributed by atoms with Crippen LogP contribution in [0.3, 0.4) is 0 Å². The van der Waals surface area contributed by atoms with Crippen molar-refractivity contribution in [2.45, 2.75) is 98.4 Å². The quantitative estimate of drug-likeness (QED) is 0.594. The summed E-state index contributed by atoms with van der Waals surface area (Å²) in [7, 11) is 0. The molecule has 4 rings (SSSR count). The lowest BCUT2D eigenvalue weighted by Crippen LogP contribution is -2.53. The molecule has 0 radical (unpaired) electrons. The fourth-order valence-corrected chi connectivity index (χ4v) is 8.61. The molecule has 0 aromatic rings. The Balaban J connectivity index is 1.43. The fourth-order valence-electron chi connectivity index (χ4n) is 8.61. The van der Waals surface area contributed by atoms with Gasteiger partial charge in [-0.15, -0.1) is 0 Å². The number of carbonyl (C=O) groups is 2. The van der Waals surface area contributed by atoms with Crippen molar-refractivity contribution < 1.29 is 14.3 Å². The van der Waals surface area contributed by atoms with E-state index in [0.717, 1.165) is 36.5 Å². The normalized spacial score (nSPS) is 45.4. The molecule has 4 heteroatoms. The summed E-state index contributed by atoms with van der Waals surface area (Å²) in [6.07, 6.45) is 11.5. The highest BCUT2D eigenvalue weighted by Crippen LogP contribution is 2.67. The summed E-state index contributed by atoms with van der Waals surface area (Å²) < 4.78 is 5.35. The maximum absolute atomic E-state index is 13.2. The minimum Gasteiger partial charge on any atom is -0.457 e. The van der Waals surface area contributed by atoms with E-state index < -0.39 is 12.0 Å². The number of ketones is 1. The Morgan fingerprint density at radius 3 is 2.35 bits per heavy atom. The predicted molar refractivity (Wildman–Crippen MR) is 123 cm³/mol. The van der Waals surface area contributed by atoms with Gasteiger partial charge in [0.15, 0.2) is 5.78 Å². The number of Topliss-reactive ketones (excluding diaryl/α,β-unsaturated/α-hetero) is 1. The largest absolute Gasteiger partial charge is 0.457 e. The number of nitrogens with two attached hydrogens (primary N) is 1. The molecule has 9 atom stereocenters. The molecule has 4 saturated carbocycles.